The number of hydrogen-bond donors (Lipinski definition) is 2. The molecule has 2 aromatic carbocycles. The topological polar surface area (TPSA) is 71.3 Å². The highest BCUT2D eigenvalue weighted by molar-refractivity contribution is 6.10. The Bertz CT molecular complexity index is 1080. The second-order valence-electron chi connectivity index (χ2n) is 8.77. The van der Waals surface area contributed by atoms with Gasteiger partial charge in [-0.05, 0) is 54.0 Å². The van der Waals surface area contributed by atoms with Gasteiger partial charge in [0.15, 0.2) is 5.78 Å². The monoisotopic (exact) mass is 446 g/mol. The molecule has 0 bridgehead atoms. The molecule has 33 heavy (non-hydrogen) atoms. The fourth-order valence-electron chi connectivity index (χ4n) is 3.94. The number of carbonyl (C=O) groups excluding carboxylic acids is 1. The lowest BCUT2D eigenvalue weighted by molar-refractivity contribution is -0.137. The maximum Gasteiger partial charge on any atom is 0.303 e. The number of benzene rings is 2. The Balaban J connectivity index is 1.67. The molecule has 0 unspecified atom stereocenters. The number of aryl methyl sites for hydroxylation is 2. The van der Waals surface area contributed by atoms with Crippen LogP contribution >= 0.6 is 0 Å². The van der Waals surface area contributed by atoms with Crippen LogP contribution in [-0.4, -0.2) is 28.0 Å². The zero-order chi connectivity index (χ0) is 23.8. The number of ketones is 1. The minimum atomic E-state index is -0.801. The average molecular weight is 447 g/mol. The number of aromatic nitrogens is 1. The highest BCUT2D eigenvalue weighted by atomic mass is 16.4. The average Bonchev–Trinajstić information content (AvgIpc) is 3.23. The fraction of sp³-hybridized carbons (Fsp3) is 0.357. The van der Waals surface area contributed by atoms with E-state index in [9.17, 15) is 9.59 Å². The van der Waals surface area contributed by atoms with Crippen LogP contribution in [0.15, 0.2) is 60.9 Å². The number of nitrogens with zero attached hydrogens (tertiary/aromatic N) is 1. The second kappa shape index (κ2) is 11.5. The van der Waals surface area contributed by atoms with Gasteiger partial charge in [0.25, 0.3) is 0 Å². The number of anilines is 1. The van der Waals surface area contributed by atoms with Crippen molar-refractivity contribution in [2.75, 3.05) is 11.9 Å². The molecule has 2 N–H and O–H groups in total. The summed E-state index contributed by atoms with van der Waals surface area (Å²) in [7, 11) is 0. The normalized spacial score (nSPS) is 11.0. The molecule has 0 aliphatic heterocycles. The van der Waals surface area contributed by atoms with E-state index in [-0.39, 0.29) is 18.1 Å². The molecule has 0 aliphatic carbocycles. The lowest BCUT2D eigenvalue weighted by Crippen LogP contribution is -2.08. The number of aliphatic carboxylic acids is 1. The van der Waals surface area contributed by atoms with Crippen LogP contribution in [0.5, 0.6) is 0 Å². The molecule has 0 aliphatic rings. The van der Waals surface area contributed by atoms with E-state index in [0.717, 1.165) is 30.6 Å². The Labute approximate surface area is 196 Å². The van der Waals surface area contributed by atoms with Crippen LogP contribution < -0.4 is 5.32 Å². The third-order valence-corrected chi connectivity index (χ3v) is 5.88. The first kappa shape index (κ1) is 24.3. The zero-order valence-electron chi connectivity index (χ0n) is 19.8. The molecule has 0 spiro atoms. The van der Waals surface area contributed by atoms with Gasteiger partial charge in [0, 0.05) is 48.7 Å². The molecule has 0 atom stereocenters. The highest BCUT2D eigenvalue weighted by Crippen LogP contribution is 2.25. The molecular formula is C28H34N2O3. The number of carboxylic acid groups (broad SMARTS) is 1. The Morgan fingerprint density at radius 2 is 1.76 bits per heavy atom. The minimum Gasteiger partial charge on any atom is -0.481 e. The van der Waals surface area contributed by atoms with E-state index in [4.69, 9.17) is 5.11 Å². The summed E-state index contributed by atoms with van der Waals surface area (Å²) in [4.78, 5) is 24.1. The Morgan fingerprint density at radius 1 is 1.03 bits per heavy atom. The molecular weight excluding hydrogens is 412 g/mol. The first-order valence-corrected chi connectivity index (χ1v) is 11.7. The predicted molar refractivity (Wildman–Crippen MR) is 133 cm³/mol. The Hall–Kier alpha value is -3.34. The molecule has 0 saturated carbocycles. The van der Waals surface area contributed by atoms with Gasteiger partial charge in [-0.25, -0.2) is 0 Å². The number of rotatable bonds is 12. The lowest BCUT2D eigenvalue weighted by atomic mass is 9.96. The van der Waals surface area contributed by atoms with Crippen molar-refractivity contribution in [2.24, 2.45) is 0 Å². The van der Waals surface area contributed by atoms with E-state index in [1.165, 1.54) is 11.1 Å². The minimum absolute atomic E-state index is 0.00510. The fourth-order valence-corrected chi connectivity index (χ4v) is 3.94. The third-order valence-electron chi connectivity index (χ3n) is 5.88. The Kier molecular flexibility index (Phi) is 8.47. The number of nitrogens with one attached hydrogen (secondary N) is 1. The van der Waals surface area contributed by atoms with Crippen LogP contribution in [0.3, 0.4) is 0 Å². The van der Waals surface area contributed by atoms with Crippen LogP contribution in [-0.2, 0) is 24.2 Å². The largest absolute Gasteiger partial charge is 0.481 e. The van der Waals surface area contributed by atoms with Crippen LogP contribution in [0.4, 0.5) is 5.69 Å². The highest BCUT2D eigenvalue weighted by Gasteiger charge is 2.19. The van der Waals surface area contributed by atoms with Crippen LogP contribution in [0.1, 0.15) is 72.1 Å². The maximum absolute atomic E-state index is 13.3. The predicted octanol–water partition coefficient (Wildman–Crippen LogP) is 5.92. The summed E-state index contributed by atoms with van der Waals surface area (Å²) in [6, 6.07) is 16.4. The zero-order valence-corrected chi connectivity index (χ0v) is 19.8. The molecule has 5 heteroatoms. The van der Waals surface area contributed by atoms with Crippen LogP contribution in [0.2, 0.25) is 0 Å². The number of hydrogen-bond acceptors (Lipinski definition) is 3. The van der Waals surface area contributed by atoms with Crippen molar-refractivity contribution in [1.82, 2.24) is 4.57 Å². The van der Waals surface area contributed by atoms with Crippen molar-refractivity contribution in [3.63, 3.8) is 0 Å². The summed E-state index contributed by atoms with van der Waals surface area (Å²) in [5, 5.41) is 12.3. The first-order chi connectivity index (χ1) is 15.9. The number of carboxylic acids is 1. The van der Waals surface area contributed by atoms with Crippen molar-refractivity contribution in [1.29, 1.82) is 0 Å². The summed E-state index contributed by atoms with van der Waals surface area (Å²) in [6.45, 7) is 7.67. The summed E-state index contributed by atoms with van der Waals surface area (Å²) in [6.07, 6.45) is 6.46. The van der Waals surface area contributed by atoms with Crippen molar-refractivity contribution in [3.8, 4) is 0 Å². The van der Waals surface area contributed by atoms with E-state index >= 15 is 0 Å². The number of carbonyl (C=O) groups is 2. The molecule has 174 valence electrons. The molecule has 1 heterocycles. The third kappa shape index (κ3) is 6.82. The summed E-state index contributed by atoms with van der Waals surface area (Å²) in [5.41, 5.74) is 5.89. The van der Waals surface area contributed by atoms with Gasteiger partial charge in [0.1, 0.15) is 0 Å². The molecule has 0 saturated heterocycles. The Morgan fingerprint density at radius 3 is 2.42 bits per heavy atom. The van der Waals surface area contributed by atoms with Gasteiger partial charge in [-0.3, -0.25) is 9.59 Å². The quantitative estimate of drug-likeness (QED) is 0.339. The van der Waals surface area contributed by atoms with Crippen LogP contribution in [0, 0.1) is 0 Å². The standard InChI is InChI=1S/C28H34N2O3/c1-4-21-10-12-22(13-11-21)14-15-29-24-8-5-7-23(17-24)28(33)26-19-30(16-6-9-27(31)32)18-25(26)20(2)3/h5,7-8,10-13,17-20,29H,4,6,9,14-16H2,1-3H3,(H,31,32). The molecule has 0 amide bonds. The van der Waals surface area contributed by atoms with Crippen molar-refractivity contribution in [2.45, 2.75) is 58.9 Å². The summed E-state index contributed by atoms with van der Waals surface area (Å²) in [5.74, 6) is -0.607. The van der Waals surface area contributed by atoms with Gasteiger partial charge < -0.3 is 15.0 Å². The molecule has 5 nitrogen and oxygen atoms in total. The summed E-state index contributed by atoms with van der Waals surface area (Å²) < 4.78 is 1.94. The molecule has 0 fully saturated rings. The van der Waals surface area contributed by atoms with E-state index in [1.54, 1.807) is 0 Å². The van der Waals surface area contributed by atoms with Crippen molar-refractivity contribution in [3.05, 3.63) is 88.7 Å². The van der Waals surface area contributed by atoms with E-state index in [0.29, 0.717) is 24.1 Å². The maximum atomic E-state index is 13.3. The van der Waals surface area contributed by atoms with E-state index in [1.807, 2.05) is 41.2 Å². The second-order valence-corrected chi connectivity index (χ2v) is 8.77. The lowest BCUT2D eigenvalue weighted by Gasteiger charge is -2.10. The van der Waals surface area contributed by atoms with Gasteiger partial charge in [-0.2, -0.15) is 0 Å². The van der Waals surface area contributed by atoms with E-state index < -0.39 is 5.97 Å². The van der Waals surface area contributed by atoms with Gasteiger partial charge in [-0.15, -0.1) is 0 Å². The van der Waals surface area contributed by atoms with Gasteiger partial charge in [0.05, 0.1) is 0 Å². The smallest absolute Gasteiger partial charge is 0.303 e. The first-order valence-electron chi connectivity index (χ1n) is 11.7. The summed E-state index contributed by atoms with van der Waals surface area (Å²) >= 11 is 0. The molecule has 0 radical (unpaired) electrons. The molecule has 3 aromatic rings. The van der Waals surface area contributed by atoms with Gasteiger partial charge >= 0.3 is 5.97 Å². The van der Waals surface area contributed by atoms with Gasteiger partial charge in [-0.1, -0.05) is 57.2 Å². The van der Waals surface area contributed by atoms with Crippen LogP contribution in [0.25, 0.3) is 0 Å². The van der Waals surface area contributed by atoms with E-state index in [2.05, 4.69) is 50.4 Å². The molecule has 1 aromatic heterocycles. The van der Waals surface area contributed by atoms with Crippen molar-refractivity contribution < 1.29 is 14.7 Å². The SMILES string of the molecule is CCc1ccc(CCNc2cccc(C(=O)c3cn(CCCC(=O)O)cc3C(C)C)c2)cc1. The van der Waals surface area contributed by atoms with Crippen molar-refractivity contribution >= 4 is 17.4 Å². The van der Waals surface area contributed by atoms with Gasteiger partial charge in [0.2, 0.25) is 0 Å². The molecule has 3 rings (SSSR count).